The van der Waals surface area contributed by atoms with Crippen molar-refractivity contribution in [2.45, 2.75) is 16.0 Å². The maximum absolute atomic E-state index is 18.1. The molecule has 6 aromatic carbocycles. The number of hydrogen-bond acceptors (Lipinski definition) is 3. The summed E-state index contributed by atoms with van der Waals surface area (Å²) in [7, 11) is -3.12. The van der Waals surface area contributed by atoms with Gasteiger partial charge in [-0.25, -0.2) is 9.37 Å². The van der Waals surface area contributed by atoms with E-state index in [1.807, 2.05) is 66.9 Å². The zero-order chi connectivity index (χ0) is 35.4. The van der Waals surface area contributed by atoms with Crippen molar-refractivity contribution < 1.29 is 4.39 Å². The SMILES string of the molecule is FC(c1cccc(-c2ccccn2)c1)c1cc2c(c3c1Sc1ccccc1[Si]3(c1ccccc1)c1ccccc1)c1ccccc1n2-c1ccccn1. The molecule has 53 heavy (non-hydrogen) atoms. The van der Waals surface area contributed by atoms with Crippen molar-refractivity contribution in [1.82, 2.24) is 14.5 Å². The molecule has 0 aliphatic carbocycles. The fourth-order valence-electron chi connectivity index (χ4n) is 8.34. The lowest BCUT2D eigenvalue weighted by atomic mass is 9.98. The van der Waals surface area contributed by atoms with E-state index in [4.69, 9.17) is 4.98 Å². The average Bonchev–Trinajstić information content (AvgIpc) is 3.57. The Morgan fingerprint density at radius 2 is 1.26 bits per heavy atom. The van der Waals surface area contributed by atoms with Crippen LogP contribution in [0.25, 0.3) is 38.9 Å². The Kier molecular flexibility index (Phi) is 7.67. The molecule has 1 aliphatic heterocycles. The van der Waals surface area contributed by atoms with Crippen LogP contribution in [0.5, 0.6) is 0 Å². The van der Waals surface area contributed by atoms with Crippen molar-refractivity contribution in [2.24, 2.45) is 0 Å². The number of hydrogen-bond donors (Lipinski definition) is 0. The Balaban J connectivity index is 1.40. The van der Waals surface area contributed by atoms with Crippen molar-refractivity contribution in [3.05, 3.63) is 199 Å². The van der Waals surface area contributed by atoms with Crippen LogP contribution >= 0.6 is 11.8 Å². The highest BCUT2D eigenvalue weighted by molar-refractivity contribution is 8.00. The van der Waals surface area contributed by atoms with Gasteiger partial charge in [-0.3, -0.25) is 9.55 Å². The second kappa shape index (κ2) is 12.8. The third kappa shape index (κ3) is 4.94. The van der Waals surface area contributed by atoms with E-state index in [-0.39, 0.29) is 0 Å². The molecule has 4 heterocycles. The number of para-hydroxylation sites is 1. The largest absolute Gasteiger partial charge is 0.294 e. The molecule has 0 saturated carbocycles. The van der Waals surface area contributed by atoms with E-state index in [1.54, 1.807) is 18.0 Å². The van der Waals surface area contributed by atoms with Crippen LogP contribution in [0, 0.1) is 0 Å². The maximum Gasteiger partial charge on any atom is 0.182 e. The monoisotopic (exact) mass is 717 g/mol. The van der Waals surface area contributed by atoms with Crippen LogP contribution in [0.15, 0.2) is 198 Å². The Bertz CT molecular complexity index is 2730. The van der Waals surface area contributed by atoms with Crippen LogP contribution in [0.1, 0.15) is 17.3 Å². The second-order valence-electron chi connectivity index (χ2n) is 13.4. The number of nitrogens with zero attached hydrogens (tertiary/aromatic N) is 3. The molecule has 0 radical (unpaired) electrons. The zero-order valence-corrected chi connectivity index (χ0v) is 30.4. The minimum Gasteiger partial charge on any atom is -0.294 e. The number of pyridine rings is 2. The molecule has 0 bridgehead atoms. The van der Waals surface area contributed by atoms with Gasteiger partial charge < -0.3 is 0 Å². The molecular weight excluding hydrogens is 686 g/mol. The predicted octanol–water partition coefficient (Wildman–Crippen LogP) is 9.14. The molecule has 3 aromatic heterocycles. The normalized spacial score (nSPS) is 13.8. The quantitative estimate of drug-likeness (QED) is 0.161. The first-order valence-corrected chi connectivity index (χ1v) is 20.6. The minimum absolute atomic E-state index is 0.598. The fourth-order valence-corrected chi connectivity index (χ4v) is 15.7. The number of halogens is 1. The molecule has 0 saturated heterocycles. The van der Waals surface area contributed by atoms with E-state index in [9.17, 15) is 0 Å². The summed E-state index contributed by atoms with van der Waals surface area (Å²) in [5.74, 6) is 0.799. The topological polar surface area (TPSA) is 30.7 Å². The van der Waals surface area contributed by atoms with Gasteiger partial charge in [-0.1, -0.05) is 139 Å². The van der Waals surface area contributed by atoms with Crippen LogP contribution in [0.2, 0.25) is 0 Å². The van der Waals surface area contributed by atoms with E-state index >= 15 is 4.39 Å². The molecule has 9 aromatic rings. The Hall–Kier alpha value is -6.08. The standard InChI is InChI=1S/C47H32FN3SSi/c48-45(33-17-15-16-32(30-33)38-23-11-13-28-49-38)37-31-40-44(36-22-7-8-24-39(36)51(40)43-27-12-14-29-50-43)47-46(37)52-41-25-9-10-26-42(41)53(47,34-18-3-1-4-19-34)35-20-5-2-6-21-35/h1-31,45H. The number of benzene rings is 6. The molecule has 252 valence electrons. The second-order valence-corrected chi connectivity index (χ2v) is 18.1. The van der Waals surface area contributed by atoms with E-state index in [2.05, 4.69) is 125 Å². The molecule has 10 rings (SSSR count). The summed E-state index contributed by atoms with van der Waals surface area (Å²) in [5, 5.41) is 7.35. The fraction of sp³-hybridized carbons (Fsp3) is 0.0213. The average molecular weight is 718 g/mol. The molecule has 0 N–H and O–H groups in total. The van der Waals surface area contributed by atoms with Crippen molar-refractivity contribution in [1.29, 1.82) is 0 Å². The molecule has 0 fully saturated rings. The predicted molar refractivity (Wildman–Crippen MR) is 219 cm³/mol. The van der Waals surface area contributed by atoms with Crippen molar-refractivity contribution >= 4 is 62.4 Å². The van der Waals surface area contributed by atoms with E-state index in [0.717, 1.165) is 43.8 Å². The molecule has 1 aliphatic rings. The highest BCUT2D eigenvalue weighted by atomic mass is 32.2. The van der Waals surface area contributed by atoms with Crippen LogP contribution in [0.3, 0.4) is 0 Å². The van der Waals surface area contributed by atoms with Gasteiger partial charge in [-0.2, -0.15) is 0 Å². The molecule has 0 amide bonds. The Morgan fingerprint density at radius 1 is 0.585 bits per heavy atom. The lowest BCUT2D eigenvalue weighted by Gasteiger charge is -2.41. The smallest absolute Gasteiger partial charge is 0.182 e. The van der Waals surface area contributed by atoms with Crippen LogP contribution in [-0.2, 0) is 0 Å². The summed E-state index contributed by atoms with van der Waals surface area (Å²) in [6.07, 6.45) is 2.19. The van der Waals surface area contributed by atoms with Gasteiger partial charge in [0.2, 0.25) is 0 Å². The third-order valence-electron chi connectivity index (χ3n) is 10.5. The Labute approximate surface area is 312 Å². The highest BCUT2D eigenvalue weighted by Crippen LogP contribution is 2.45. The number of alkyl halides is 1. The van der Waals surface area contributed by atoms with E-state index < -0.39 is 14.2 Å². The summed E-state index contributed by atoms with van der Waals surface area (Å²) in [6, 6.07) is 61.1. The van der Waals surface area contributed by atoms with E-state index in [0.29, 0.717) is 11.1 Å². The minimum atomic E-state index is -3.12. The van der Waals surface area contributed by atoms with Crippen LogP contribution in [0.4, 0.5) is 4.39 Å². The number of rotatable bonds is 6. The summed E-state index contributed by atoms with van der Waals surface area (Å²) in [6.45, 7) is 0. The number of aromatic nitrogens is 3. The van der Waals surface area contributed by atoms with Gasteiger partial charge in [0.05, 0.1) is 16.7 Å². The van der Waals surface area contributed by atoms with Gasteiger partial charge in [0.1, 0.15) is 5.82 Å². The lowest BCUT2D eigenvalue weighted by Crippen LogP contribution is -2.76. The van der Waals surface area contributed by atoms with Gasteiger partial charge >= 0.3 is 0 Å². The molecule has 6 heteroatoms. The van der Waals surface area contributed by atoms with E-state index in [1.165, 1.54) is 25.6 Å². The molecule has 1 unspecified atom stereocenters. The van der Waals surface area contributed by atoms with Crippen LogP contribution in [-0.4, -0.2) is 22.6 Å². The zero-order valence-electron chi connectivity index (χ0n) is 28.6. The molecule has 0 spiro atoms. The van der Waals surface area contributed by atoms with Gasteiger partial charge in [0, 0.05) is 44.1 Å². The molecule has 3 nitrogen and oxygen atoms in total. The van der Waals surface area contributed by atoms with Gasteiger partial charge in [0.15, 0.2) is 14.2 Å². The Morgan fingerprint density at radius 3 is 2.00 bits per heavy atom. The van der Waals surface area contributed by atoms with Crippen molar-refractivity contribution in [3.63, 3.8) is 0 Å². The first-order valence-electron chi connectivity index (χ1n) is 17.8. The highest BCUT2D eigenvalue weighted by Gasteiger charge is 2.49. The summed E-state index contributed by atoms with van der Waals surface area (Å²) < 4.78 is 20.3. The molecular formula is C47H32FN3SSi. The van der Waals surface area contributed by atoms with Crippen LogP contribution < -0.4 is 20.7 Å². The van der Waals surface area contributed by atoms with Gasteiger partial charge in [0.25, 0.3) is 0 Å². The van der Waals surface area contributed by atoms with Crippen molar-refractivity contribution in [3.8, 4) is 17.1 Å². The maximum atomic E-state index is 18.1. The first-order chi connectivity index (χ1) is 26.2. The molecule has 1 atom stereocenters. The van der Waals surface area contributed by atoms with Gasteiger partial charge in [-0.15, -0.1) is 0 Å². The third-order valence-corrected chi connectivity index (χ3v) is 17.0. The first kappa shape index (κ1) is 31.6. The van der Waals surface area contributed by atoms with Crippen molar-refractivity contribution in [2.75, 3.05) is 0 Å². The number of fused-ring (bicyclic) bond motifs is 6. The summed E-state index contributed by atoms with van der Waals surface area (Å²) in [5.41, 5.74) is 4.96. The lowest BCUT2D eigenvalue weighted by molar-refractivity contribution is 0.397. The summed E-state index contributed by atoms with van der Waals surface area (Å²) >= 11 is 1.71. The summed E-state index contributed by atoms with van der Waals surface area (Å²) in [4.78, 5) is 11.6. The van der Waals surface area contributed by atoms with Gasteiger partial charge in [-0.05, 0) is 74.8 Å².